The van der Waals surface area contributed by atoms with Gasteiger partial charge in [-0.3, -0.25) is 0 Å². The summed E-state index contributed by atoms with van der Waals surface area (Å²) in [6, 6.07) is 28.9. The number of fused-ring (bicyclic) bond motifs is 1. The van der Waals surface area contributed by atoms with Crippen LogP contribution in [0.3, 0.4) is 0 Å². The molecule has 0 fully saturated rings. The topological polar surface area (TPSA) is 28.2 Å². The fraction of sp³-hybridized carbons (Fsp3) is 0.0833. The van der Waals surface area contributed by atoms with Crippen LogP contribution in [0.2, 0.25) is 0 Å². The van der Waals surface area contributed by atoms with E-state index in [1.165, 1.54) is 0 Å². The van der Waals surface area contributed by atoms with Crippen LogP contribution in [0.25, 0.3) is 21.4 Å². The van der Waals surface area contributed by atoms with Crippen LogP contribution in [0, 0.1) is 13.8 Å². The molecule has 4 aromatic rings. The predicted molar refractivity (Wildman–Crippen MR) is 123 cm³/mol. The second-order valence-corrected chi connectivity index (χ2v) is 9.10. The molecule has 0 bridgehead atoms. The molecule has 0 unspecified atom stereocenters. The van der Waals surface area contributed by atoms with E-state index in [4.69, 9.17) is 29.2 Å². The van der Waals surface area contributed by atoms with E-state index in [0.717, 1.165) is 44.6 Å². The van der Waals surface area contributed by atoms with E-state index in [0.29, 0.717) is 0 Å². The molecule has 0 aromatic heterocycles. The Morgan fingerprint density at radius 1 is 0.552 bits per heavy atom. The van der Waals surface area contributed by atoms with Gasteiger partial charge in [-0.1, -0.05) is 96.1 Å². The van der Waals surface area contributed by atoms with E-state index in [-0.39, 0.29) is 0 Å². The molecule has 0 radical (unpaired) electrons. The molecule has 0 spiro atoms. The fourth-order valence-corrected chi connectivity index (χ4v) is 3.13. The zero-order valence-electron chi connectivity index (χ0n) is 16.2. The van der Waals surface area contributed by atoms with Gasteiger partial charge in [-0.2, -0.15) is 0 Å². The van der Waals surface area contributed by atoms with Gasteiger partial charge in [-0.15, -0.1) is 22.7 Å². The Balaban J connectivity index is 0.000000755. The van der Waals surface area contributed by atoms with Crippen molar-refractivity contribution in [3.05, 3.63) is 107 Å². The molecule has 4 rings (SSSR count). The third kappa shape index (κ3) is 5.55. The number of rotatable bonds is 4. The Kier molecular flexibility index (Phi) is 8.03. The van der Waals surface area contributed by atoms with Crippen LogP contribution in [0.1, 0.15) is 11.1 Å². The predicted octanol–water partition coefficient (Wildman–Crippen LogP) is 9.51. The first-order valence-corrected chi connectivity index (χ1v) is 13.5. The summed E-state index contributed by atoms with van der Waals surface area (Å²) in [5.41, 5.74) is 6.21. The maximum atomic E-state index is 4.93. The van der Waals surface area contributed by atoms with Crippen LogP contribution in [0.5, 0.6) is 0 Å². The van der Waals surface area contributed by atoms with Crippen LogP contribution in [0.4, 0.5) is 22.7 Å². The summed E-state index contributed by atoms with van der Waals surface area (Å²) in [6.07, 6.45) is 0. The number of benzene rings is 4. The fourth-order valence-electron chi connectivity index (χ4n) is 3.13. The van der Waals surface area contributed by atoms with Crippen LogP contribution in [-0.2, 0) is 17.0 Å². The van der Waals surface area contributed by atoms with Crippen molar-refractivity contribution in [2.45, 2.75) is 13.8 Å². The summed E-state index contributed by atoms with van der Waals surface area (Å²) in [5.74, 6) is 0. The third-order valence-electron chi connectivity index (χ3n) is 4.57. The summed E-state index contributed by atoms with van der Waals surface area (Å²) in [5, 5.41) is 12.1. The van der Waals surface area contributed by atoms with Gasteiger partial charge in [-0.25, -0.2) is 0 Å². The van der Waals surface area contributed by atoms with Crippen LogP contribution < -0.4 is 0 Å². The van der Waals surface area contributed by atoms with Gasteiger partial charge in [0.05, 0.1) is 0 Å². The van der Waals surface area contributed by atoms with Crippen molar-refractivity contribution >= 4 is 52.1 Å². The first kappa shape index (κ1) is 21.7. The Hall–Kier alpha value is -1.97. The zero-order valence-corrected chi connectivity index (χ0v) is 19.3. The van der Waals surface area contributed by atoms with Crippen molar-refractivity contribution < 1.29 is 17.0 Å². The second kappa shape index (κ2) is 10.7. The Bertz CT molecular complexity index is 1020. The minimum atomic E-state index is -0.556. The summed E-state index contributed by atoms with van der Waals surface area (Å²) in [7, 11) is 9.78. The summed E-state index contributed by atoms with van der Waals surface area (Å²) in [6.45, 7) is 4.17. The van der Waals surface area contributed by atoms with Crippen molar-refractivity contribution in [1.29, 1.82) is 0 Å². The molecule has 146 valence electrons. The normalized spacial score (nSPS) is 10.1. The minimum absolute atomic E-state index is 0.556. The molecule has 4 aromatic carbocycles. The molecule has 29 heavy (non-hydrogen) atoms. The number of hydrogen-bond donors (Lipinski definition) is 0. The summed E-state index contributed by atoms with van der Waals surface area (Å²) in [4.78, 5) is 0. The molecule has 0 atom stereocenters. The average molecular weight is 455 g/mol. The van der Waals surface area contributed by atoms with Crippen molar-refractivity contribution in [2.75, 3.05) is 0 Å². The number of nitrogens with zero attached hydrogens (tertiary/aromatic N) is 2. The van der Waals surface area contributed by atoms with E-state index in [1.807, 2.05) is 24.3 Å². The number of halogens is 2. The van der Waals surface area contributed by atoms with E-state index >= 15 is 0 Å². The van der Waals surface area contributed by atoms with E-state index in [1.54, 1.807) is 0 Å². The van der Waals surface area contributed by atoms with Gasteiger partial charge in [0.15, 0.2) is 0 Å². The first-order chi connectivity index (χ1) is 14.1. The summed E-state index contributed by atoms with van der Waals surface area (Å²) >= 11 is -0.556. The molecule has 0 saturated carbocycles. The van der Waals surface area contributed by atoms with Crippen LogP contribution >= 0.6 is 18.6 Å². The number of para-hydroxylation sites is 2. The quantitative estimate of drug-likeness (QED) is 0.274. The van der Waals surface area contributed by atoms with Gasteiger partial charge in [0.2, 0.25) is 0 Å². The molecule has 0 aliphatic carbocycles. The molecule has 0 saturated heterocycles. The Morgan fingerprint density at radius 2 is 0.931 bits per heavy atom. The van der Waals surface area contributed by atoms with Gasteiger partial charge >= 0.3 is 35.6 Å². The van der Waals surface area contributed by atoms with Crippen molar-refractivity contribution in [3.8, 4) is 0 Å². The van der Waals surface area contributed by atoms with Crippen LogP contribution in [0.15, 0.2) is 84.9 Å². The molecule has 2 nitrogen and oxygen atoms in total. The third-order valence-corrected chi connectivity index (χ3v) is 4.57. The number of hydrogen-bond acceptors (Lipinski definition) is 0. The summed E-state index contributed by atoms with van der Waals surface area (Å²) < 4.78 is 0. The Morgan fingerprint density at radius 3 is 1.34 bits per heavy atom. The molecule has 5 heteroatoms. The molecule has 0 heterocycles. The second-order valence-electron chi connectivity index (χ2n) is 6.52. The van der Waals surface area contributed by atoms with Gasteiger partial charge in [0.25, 0.3) is 0 Å². The average Bonchev–Trinajstić information content (AvgIpc) is 2.72. The molecule has 0 N–H and O–H groups in total. The monoisotopic (exact) mass is 454 g/mol. The number of aryl methyl sites for hydroxylation is 2. The standard InChI is InChI=1S/C24H20N2.2ClH.Ti/c1-17-9-3-5-13-20(17)25-22-15-7-11-19-12-8-16-23(24(19)22)26-21-14-6-4-10-18(21)2;;;/h3-16H,1-2H3;2*1H;/q-2;;;+2/p-2. The van der Waals surface area contributed by atoms with Crippen molar-refractivity contribution in [2.24, 2.45) is 0 Å². The van der Waals surface area contributed by atoms with Gasteiger partial charge in [0, 0.05) is 0 Å². The zero-order chi connectivity index (χ0) is 20.6. The first-order valence-electron chi connectivity index (χ1n) is 9.17. The SMILES string of the molecule is Cc1ccccc1[N-]c1cccc2cccc([N-]c3ccccc3C)c12.[Cl][Ti][Cl]. The van der Waals surface area contributed by atoms with Crippen molar-refractivity contribution in [1.82, 2.24) is 0 Å². The van der Waals surface area contributed by atoms with E-state index in [2.05, 4.69) is 74.5 Å². The van der Waals surface area contributed by atoms with E-state index < -0.39 is 17.0 Å². The van der Waals surface area contributed by atoms with Gasteiger partial charge in [-0.05, 0) is 24.6 Å². The maximum absolute atomic E-state index is 4.93. The van der Waals surface area contributed by atoms with Crippen LogP contribution in [-0.4, -0.2) is 0 Å². The van der Waals surface area contributed by atoms with Gasteiger partial charge < -0.3 is 10.6 Å². The van der Waals surface area contributed by atoms with Crippen molar-refractivity contribution in [3.63, 3.8) is 0 Å². The molecular formula is C24H20Cl2N2Ti-2. The molecule has 0 aliphatic rings. The molecule has 0 aliphatic heterocycles. The Labute approximate surface area is 188 Å². The van der Waals surface area contributed by atoms with Gasteiger partial charge in [0.1, 0.15) is 0 Å². The molecule has 0 amide bonds. The van der Waals surface area contributed by atoms with E-state index in [9.17, 15) is 0 Å². The molecular weight excluding hydrogens is 435 g/mol.